The summed E-state index contributed by atoms with van der Waals surface area (Å²) in [5, 5.41) is 11.8. The number of nitro groups is 1. The molecule has 0 aliphatic carbocycles. The molecule has 0 saturated heterocycles. The van der Waals surface area contributed by atoms with Crippen molar-refractivity contribution in [1.82, 2.24) is 14.9 Å². The van der Waals surface area contributed by atoms with Crippen molar-refractivity contribution in [2.24, 2.45) is 0 Å². The van der Waals surface area contributed by atoms with Gasteiger partial charge in [0, 0.05) is 0 Å². The van der Waals surface area contributed by atoms with Crippen LogP contribution < -0.4 is 5.32 Å². The van der Waals surface area contributed by atoms with Crippen molar-refractivity contribution < 1.29 is 31.7 Å². The van der Waals surface area contributed by atoms with E-state index in [2.05, 4.69) is 4.98 Å². The third-order valence-corrected chi connectivity index (χ3v) is 2.09. The molecule has 0 bridgehead atoms. The van der Waals surface area contributed by atoms with E-state index in [4.69, 9.17) is 0 Å². The Morgan fingerprint density at radius 2 is 2.00 bits per heavy atom. The second-order valence-corrected chi connectivity index (χ2v) is 3.59. The molecule has 0 atom stereocenters. The highest BCUT2D eigenvalue weighted by Gasteiger charge is 2.57. The topological polar surface area (TPSA) is 90.1 Å². The first-order valence-corrected chi connectivity index (χ1v) is 4.91. The van der Waals surface area contributed by atoms with E-state index in [9.17, 15) is 36.9 Å². The predicted octanol–water partition coefficient (Wildman–Crippen LogP) is 1.11. The van der Waals surface area contributed by atoms with Crippen LogP contribution in [0.1, 0.15) is 0 Å². The van der Waals surface area contributed by atoms with Crippen LogP contribution in [0.2, 0.25) is 0 Å². The van der Waals surface area contributed by atoms with Crippen LogP contribution in [0.15, 0.2) is 12.4 Å². The molecule has 1 amide bonds. The first kappa shape index (κ1) is 15.8. The van der Waals surface area contributed by atoms with Crippen LogP contribution in [0.5, 0.6) is 0 Å². The van der Waals surface area contributed by atoms with Crippen molar-refractivity contribution in [3.63, 3.8) is 0 Å². The molecule has 0 aromatic carbocycles. The van der Waals surface area contributed by atoms with E-state index in [-0.39, 0.29) is 0 Å². The van der Waals surface area contributed by atoms with Gasteiger partial charge in [0.05, 0.1) is 6.54 Å². The number of carbonyl (C=O) groups is 1. The van der Waals surface area contributed by atoms with Gasteiger partial charge < -0.3 is 15.4 Å². The average Bonchev–Trinajstić information content (AvgIpc) is 2.73. The zero-order valence-electron chi connectivity index (χ0n) is 9.53. The van der Waals surface area contributed by atoms with Gasteiger partial charge in [-0.2, -0.15) is 22.0 Å². The van der Waals surface area contributed by atoms with E-state index in [0.29, 0.717) is 4.57 Å². The molecule has 7 nitrogen and oxygen atoms in total. The highest BCUT2D eigenvalue weighted by Crippen LogP contribution is 2.34. The Balaban J connectivity index is 2.61. The number of hydrogen-bond donors (Lipinski definition) is 1. The van der Waals surface area contributed by atoms with E-state index in [1.165, 1.54) is 5.32 Å². The van der Waals surface area contributed by atoms with Gasteiger partial charge in [-0.1, -0.05) is 4.98 Å². The second kappa shape index (κ2) is 5.38. The number of alkyl halides is 5. The summed E-state index contributed by atoms with van der Waals surface area (Å²) in [6.45, 7) is -2.75. The number of nitrogens with one attached hydrogen (secondary N) is 1. The number of carbonyl (C=O) groups excluding carboxylic acids is 1. The van der Waals surface area contributed by atoms with Crippen LogP contribution in [0.3, 0.4) is 0 Å². The fourth-order valence-electron chi connectivity index (χ4n) is 1.12. The largest absolute Gasteiger partial charge is 0.455 e. The molecule has 20 heavy (non-hydrogen) atoms. The maximum absolute atomic E-state index is 12.5. The highest BCUT2D eigenvalue weighted by molar-refractivity contribution is 5.76. The second-order valence-electron chi connectivity index (χ2n) is 3.59. The predicted molar refractivity (Wildman–Crippen MR) is 52.9 cm³/mol. The molecular formula is C8H7F5N4O3. The number of halogens is 5. The van der Waals surface area contributed by atoms with Gasteiger partial charge in [-0.25, -0.2) is 4.57 Å². The van der Waals surface area contributed by atoms with Crippen LogP contribution in [-0.4, -0.2) is 39.0 Å². The molecule has 112 valence electrons. The van der Waals surface area contributed by atoms with Gasteiger partial charge in [-0.05, 0) is 4.92 Å². The fraction of sp³-hybridized carbons (Fsp3) is 0.500. The number of nitrogens with zero attached hydrogens (tertiary/aromatic N) is 3. The standard InChI is InChI=1S/C8H7F5N4O3/c9-7(10,8(11,12)13)4-15-5(18)3-16-2-1-14-6(16)17(19)20/h1-2H,3-4H2,(H,15,18)/i9-1,10-1. The number of rotatable bonds is 5. The highest BCUT2D eigenvalue weighted by atomic mass is 19.4. The Morgan fingerprint density at radius 1 is 1.40 bits per heavy atom. The van der Waals surface area contributed by atoms with Crippen molar-refractivity contribution in [2.45, 2.75) is 18.6 Å². The molecule has 0 unspecified atom stereocenters. The summed E-state index contributed by atoms with van der Waals surface area (Å²) in [5.41, 5.74) is 0. The first-order valence-electron chi connectivity index (χ1n) is 4.91. The van der Waals surface area contributed by atoms with E-state index in [1.807, 2.05) is 0 Å². The Bertz CT molecular complexity index is 512. The minimum absolute atomic E-state index is 0.696. The molecule has 12 heteroatoms. The van der Waals surface area contributed by atoms with Crippen molar-refractivity contribution in [1.29, 1.82) is 0 Å². The van der Waals surface area contributed by atoms with Gasteiger partial charge in [0.2, 0.25) is 0 Å². The van der Waals surface area contributed by atoms with Crippen LogP contribution in [0, 0.1) is 10.1 Å². The Morgan fingerprint density at radius 3 is 2.50 bits per heavy atom. The van der Waals surface area contributed by atoms with Crippen molar-refractivity contribution in [2.75, 3.05) is 6.54 Å². The van der Waals surface area contributed by atoms with Gasteiger partial charge in [0.15, 0.2) is 6.54 Å². The molecule has 0 spiro atoms. The molecule has 1 N–H and O–H groups in total. The molecule has 1 heterocycles. The minimum atomic E-state index is -5.79. The lowest BCUT2D eigenvalue weighted by Gasteiger charge is -2.19. The van der Waals surface area contributed by atoms with Crippen LogP contribution >= 0.6 is 0 Å². The summed E-state index contributed by atoms with van der Waals surface area (Å²) in [6, 6.07) is 0. The summed E-state index contributed by atoms with van der Waals surface area (Å²) in [4.78, 5) is 24.0. The van der Waals surface area contributed by atoms with E-state index >= 15 is 0 Å². The fourth-order valence-corrected chi connectivity index (χ4v) is 1.12. The number of aromatic nitrogens is 2. The zero-order valence-corrected chi connectivity index (χ0v) is 9.53. The summed E-state index contributed by atoms with van der Waals surface area (Å²) >= 11 is 0. The third kappa shape index (κ3) is 3.61. The van der Waals surface area contributed by atoms with Crippen LogP contribution in [0.25, 0.3) is 0 Å². The molecule has 0 fully saturated rings. The van der Waals surface area contributed by atoms with Gasteiger partial charge in [0.25, 0.3) is 5.91 Å². The zero-order chi connectivity index (χ0) is 15.6. The number of amides is 1. The Labute approximate surface area is 107 Å². The lowest BCUT2D eigenvalue weighted by molar-refractivity contribution is -0.396. The summed E-state index contributed by atoms with van der Waals surface area (Å²) in [7, 11) is 0. The molecule has 0 aliphatic heterocycles. The van der Waals surface area contributed by atoms with Gasteiger partial charge >= 0.3 is 18.0 Å². The smallest absolute Gasteiger partial charge is 0.390 e. The molecule has 0 aliphatic rings. The number of imidazole rings is 1. The summed E-state index contributed by atoms with van der Waals surface area (Å²) in [5.74, 6) is -7.05. The first-order chi connectivity index (χ1) is 9.04. The van der Waals surface area contributed by atoms with Gasteiger partial charge in [-0.15, -0.1) is 0 Å². The summed E-state index contributed by atoms with van der Waals surface area (Å²) < 4.78 is 61.2. The molecule has 1 aromatic heterocycles. The molecule has 1 aromatic rings. The maximum Gasteiger partial charge on any atom is 0.455 e. The lowest BCUT2D eigenvalue weighted by atomic mass is 10.3. The quantitative estimate of drug-likeness (QED) is 0.501. The molecule has 0 saturated carbocycles. The maximum atomic E-state index is 12.5. The monoisotopic (exact) mass is 300 g/mol. The summed E-state index contributed by atoms with van der Waals surface area (Å²) in [6.07, 6.45) is -3.80. The van der Waals surface area contributed by atoms with Crippen LogP contribution in [-0.2, 0) is 11.3 Å². The van der Waals surface area contributed by atoms with Gasteiger partial charge in [0.1, 0.15) is 12.4 Å². The van der Waals surface area contributed by atoms with E-state index in [1.54, 1.807) is 0 Å². The van der Waals surface area contributed by atoms with E-state index in [0.717, 1.165) is 12.4 Å². The van der Waals surface area contributed by atoms with Gasteiger partial charge in [-0.3, -0.25) is 4.79 Å². The van der Waals surface area contributed by atoms with E-state index < -0.39 is 42.0 Å². The Hall–Kier alpha value is -2.27. The SMILES string of the molecule is O=C(Cn1ccnc1[N+](=O)[O-])NCC([18F])([18F])C(F)(F)F. The van der Waals surface area contributed by atoms with Crippen molar-refractivity contribution in [3.05, 3.63) is 22.5 Å². The van der Waals surface area contributed by atoms with Crippen LogP contribution in [0.4, 0.5) is 27.9 Å². The average molecular weight is 300 g/mol. The lowest BCUT2D eigenvalue weighted by Crippen LogP contribution is -2.47. The number of hydrogen-bond acceptors (Lipinski definition) is 4. The third-order valence-electron chi connectivity index (χ3n) is 2.09. The Kier molecular flexibility index (Phi) is 4.25. The molecule has 1 rings (SSSR count). The van der Waals surface area contributed by atoms with Crippen molar-refractivity contribution in [3.8, 4) is 0 Å². The van der Waals surface area contributed by atoms with Crippen molar-refractivity contribution >= 4 is 11.9 Å². The molecular weight excluding hydrogens is 293 g/mol. The minimum Gasteiger partial charge on any atom is -0.390 e. The molecule has 0 radical (unpaired) electrons. The normalized spacial score (nSPS) is 12.2.